The van der Waals surface area contributed by atoms with Crippen LogP contribution in [0, 0.1) is 0 Å². The number of carbonyl (C=O) groups excluding carboxylic acids is 1. The Balaban J connectivity index is 1.77. The van der Waals surface area contributed by atoms with Crippen LogP contribution in [0.2, 0.25) is 0 Å². The fraction of sp³-hybridized carbons (Fsp3) is 0.333. The van der Waals surface area contributed by atoms with Gasteiger partial charge in [0.2, 0.25) is 5.91 Å². The van der Waals surface area contributed by atoms with Gasteiger partial charge in [-0.05, 0) is 17.7 Å². The highest BCUT2D eigenvalue weighted by atomic mass is 16.1. The molecule has 0 radical (unpaired) electrons. The Hall–Kier alpha value is -2.40. The molecule has 2 heterocycles. The molecule has 2 aromatic rings. The average Bonchev–Trinajstić information content (AvgIpc) is 3.14. The maximum absolute atomic E-state index is 11.8. The molecule has 5 nitrogen and oxygen atoms in total. The van der Waals surface area contributed by atoms with Gasteiger partial charge in [-0.15, -0.1) is 0 Å². The van der Waals surface area contributed by atoms with Crippen molar-refractivity contribution in [3.63, 3.8) is 0 Å². The fourth-order valence-corrected chi connectivity index (χ4v) is 3.29. The number of aryl methyl sites for hydroxylation is 1. The van der Waals surface area contributed by atoms with E-state index in [1.165, 1.54) is 11.6 Å². The molecule has 1 aliphatic rings. The summed E-state index contributed by atoms with van der Waals surface area (Å²) in [4.78, 5) is 14.1. The molecule has 120 valence electrons. The summed E-state index contributed by atoms with van der Waals surface area (Å²) >= 11 is 0. The zero-order valence-corrected chi connectivity index (χ0v) is 13.4. The summed E-state index contributed by atoms with van der Waals surface area (Å²) in [7, 11) is 1.95. The molecule has 0 saturated carbocycles. The van der Waals surface area contributed by atoms with E-state index in [4.69, 9.17) is 0 Å². The predicted molar refractivity (Wildman–Crippen MR) is 89.8 cm³/mol. The lowest BCUT2D eigenvalue weighted by Crippen LogP contribution is -2.39. The molecule has 1 amide bonds. The van der Waals surface area contributed by atoms with Crippen molar-refractivity contribution in [2.45, 2.75) is 18.5 Å². The molecule has 0 spiro atoms. The van der Waals surface area contributed by atoms with E-state index in [0.29, 0.717) is 0 Å². The standard InChI is InChI=1S/C18H22N4O/c1-3-18(23)20-16-13-22(11-14-7-5-4-6-8-14)12-15(16)17-9-10-19-21(17)2/h3-10,15-16H,1,11-13H2,2H3,(H,20,23)/t15-,16-/m1/s1. The highest BCUT2D eigenvalue weighted by Gasteiger charge is 2.35. The highest BCUT2D eigenvalue weighted by molar-refractivity contribution is 5.87. The van der Waals surface area contributed by atoms with Gasteiger partial charge in [-0.25, -0.2) is 0 Å². The fourth-order valence-electron chi connectivity index (χ4n) is 3.29. The third-order valence-corrected chi connectivity index (χ3v) is 4.40. The minimum Gasteiger partial charge on any atom is -0.348 e. The molecule has 23 heavy (non-hydrogen) atoms. The summed E-state index contributed by atoms with van der Waals surface area (Å²) in [6, 6.07) is 12.5. The summed E-state index contributed by atoms with van der Waals surface area (Å²) in [5, 5.41) is 7.34. The average molecular weight is 310 g/mol. The molecule has 1 N–H and O–H groups in total. The Morgan fingerprint density at radius 2 is 2.13 bits per heavy atom. The van der Waals surface area contributed by atoms with Crippen molar-refractivity contribution in [2.24, 2.45) is 7.05 Å². The van der Waals surface area contributed by atoms with Crippen LogP contribution in [0.1, 0.15) is 17.2 Å². The van der Waals surface area contributed by atoms with Gasteiger partial charge in [0.15, 0.2) is 0 Å². The first-order valence-electron chi connectivity index (χ1n) is 7.84. The third-order valence-electron chi connectivity index (χ3n) is 4.40. The number of nitrogens with one attached hydrogen (secondary N) is 1. The van der Waals surface area contributed by atoms with Crippen LogP contribution in [0.4, 0.5) is 0 Å². The number of carbonyl (C=O) groups is 1. The number of aromatic nitrogens is 2. The lowest BCUT2D eigenvalue weighted by atomic mass is 9.99. The molecule has 1 saturated heterocycles. The number of hydrogen-bond donors (Lipinski definition) is 1. The van der Waals surface area contributed by atoms with Crippen molar-refractivity contribution in [1.82, 2.24) is 20.0 Å². The van der Waals surface area contributed by atoms with Gasteiger partial charge >= 0.3 is 0 Å². The lowest BCUT2D eigenvalue weighted by molar-refractivity contribution is -0.117. The summed E-state index contributed by atoms with van der Waals surface area (Å²) < 4.78 is 1.89. The Morgan fingerprint density at radius 1 is 1.35 bits per heavy atom. The second kappa shape index (κ2) is 6.79. The van der Waals surface area contributed by atoms with Crippen molar-refractivity contribution in [3.05, 3.63) is 66.5 Å². The number of nitrogens with zero attached hydrogens (tertiary/aromatic N) is 3. The van der Waals surface area contributed by atoms with Crippen LogP contribution in [-0.2, 0) is 18.4 Å². The van der Waals surface area contributed by atoms with Crippen LogP contribution in [0.3, 0.4) is 0 Å². The first-order valence-corrected chi connectivity index (χ1v) is 7.84. The summed E-state index contributed by atoms with van der Waals surface area (Å²) in [6.45, 7) is 6.16. The Labute approximate surface area is 136 Å². The number of benzene rings is 1. The zero-order valence-electron chi connectivity index (χ0n) is 13.4. The molecule has 0 unspecified atom stereocenters. The van der Waals surface area contributed by atoms with Crippen LogP contribution < -0.4 is 5.32 Å². The van der Waals surface area contributed by atoms with Gasteiger partial charge in [-0.2, -0.15) is 5.10 Å². The lowest BCUT2D eigenvalue weighted by Gasteiger charge is -2.19. The van der Waals surface area contributed by atoms with E-state index in [2.05, 4.69) is 46.2 Å². The van der Waals surface area contributed by atoms with Gasteiger partial charge in [0.25, 0.3) is 0 Å². The van der Waals surface area contributed by atoms with E-state index in [0.717, 1.165) is 25.3 Å². The van der Waals surface area contributed by atoms with Crippen molar-refractivity contribution in [1.29, 1.82) is 0 Å². The minimum atomic E-state index is -0.122. The Morgan fingerprint density at radius 3 is 2.78 bits per heavy atom. The summed E-state index contributed by atoms with van der Waals surface area (Å²) in [5.41, 5.74) is 2.43. The SMILES string of the molecule is C=CC(=O)N[C@@H]1CN(Cc2ccccc2)C[C@H]1c1ccnn1C. The Kier molecular flexibility index (Phi) is 4.57. The van der Waals surface area contributed by atoms with Crippen LogP contribution in [0.15, 0.2) is 55.3 Å². The van der Waals surface area contributed by atoms with E-state index in [9.17, 15) is 4.79 Å². The number of amides is 1. The third kappa shape index (κ3) is 3.51. The van der Waals surface area contributed by atoms with Gasteiger partial charge in [0.05, 0.1) is 6.04 Å². The first kappa shape index (κ1) is 15.5. The molecular weight excluding hydrogens is 288 g/mol. The molecule has 0 bridgehead atoms. The number of rotatable bonds is 5. The molecule has 2 atom stereocenters. The van der Waals surface area contributed by atoms with E-state index >= 15 is 0 Å². The number of hydrogen-bond acceptors (Lipinski definition) is 3. The quantitative estimate of drug-likeness (QED) is 0.855. The van der Waals surface area contributed by atoms with Crippen molar-refractivity contribution in [2.75, 3.05) is 13.1 Å². The van der Waals surface area contributed by atoms with Crippen molar-refractivity contribution in [3.8, 4) is 0 Å². The maximum atomic E-state index is 11.8. The van der Waals surface area contributed by atoms with Crippen molar-refractivity contribution >= 4 is 5.91 Å². The Bertz CT molecular complexity index is 679. The summed E-state index contributed by atoms with van der Waals surface area (Å²) in [5.74, 6) is 0.110. The predicted octanol–water partition coefficient (Wildman–Crippen LogP) is 1.69. The van der Waals surface area contributed by atoms with E-state index in [1.54, 1.807) is 0 Å². The van der Waals surface area contributed by atoms with Crippen LogP contribution in [-0.4, -0.2) is 39.7 Å². The van der Waals surface area contributed by atoms with Gasteiger partial charge in [-0.1, -0.05) is 36.9 Å². The highest BCUT2D eigenvalue weighted by Crippen LogP contribution is 2.28. The van der Waals surface area contributed by atoms with Crippen LogP contribution in [0.5, 0.6) is 0 Å². The topological polar surface area (TPSA) is 50.2 Å². The minimum absolute atomic E-state index is 0.0691. The molecular formula is C18H22N4O. The molecule has 1 fully saturated rings. The van der Waals surface area contributed by atoms with Gasteiger partial charge in [0.1, 0.15) is 0 Å². The monoisotopic (exact) mass is 310 g/mol. The first-order chi connectivity index (χ1) is 11.2. The molecule has 1 aromatic carbocycles. The van der Waals surface area contributed by atoms with Gasteiger partial charge in [-0.3, -0.25) is 14.4 Å². The van der Waals surface area contributed by atoms with Crippen LogP contribution >= 0.6 is 0 Å². The largest absolute Gasteiger partial charge is 0.348 e. The van der Waals surface area contributed by atoms with E-state index in [-0.39, 0.29) is 17.9 Å². The van der Waals surface area contributed by atoms with E-state index in [1.807, 2.05) is 30.1 Å². The molecule has 1 aromatic heterocycles. The molecule has 5 heteroatoms. The summed E-state index contributed by atoms with van der Waals surface area (Å²) in [6.07, 6.45) is 3.14. The second-order valence-corrected chi connectivity index (χ2v) is 5.99. The molecule has 3 rings (SSSR count). The van der Waals surface area contributed by atoms with Gasteiger partial charge < -0.3 is 5.32 Å². The zero-order chi connectivity index (χ0) is 16.2. The second-order valence-electron chi connectivity index (χ2n) is 5.99. The number of likely N-dealkylation sites (tertiary alicyclic amines) is 1. The van der Waals surface area contributed by atoms with Crippen molar-refractivity contribution < 1.29 is 4.79 Å². The maximum Gasteiger partial charge on any atom is 0.243 e. The van der Waals surface area contributed by atoms with Crippen LogP contribution in [0.25, 0.3) is 0 Å². The molecule has 0 aliphatic carbocycles. The van der Waals surface area contributed by atoms with Gasteiger partial charge in [0, 0.05) is 44.5 Å². The van der Waals surface area contributed by atoms with E-state index < -0.39 is 0 Å². The smallest absolute Gasteiger partial charge is 0.243 e. The molecule has 1 aliphatic heterocycles. The normalized spacial score (nSPS) is 21.3.